The number of aliphatic hydroxyl groups excluding tert-OH is 1. The number of hydrogen-bond acceptors (Lipinski definition) is 3. The minimum atomic E-state index is -1.33. The van der Waals surface area contributed by atoms with Gasteiger partial charge in [-0.25, -0.2) is 4.79 Å². The lowest BCUT2D eigenvalue weighted by atomic mass is 9.83. The minimum Gasteiger partial charge on any atom is -0.479 e. The van der Waals surface area contributed by atoms with E-state index in [1.807, 2.05) is 0 Å². The van der Waals surface area contributed by atoms with Gasteiger partial charge in [-0.2, -0.15) is 0 Å². The summed E-state index contributed by atoms with van der Waals surface area (Å²) >= 11 is 0. The van der Waals surface area contributed by atoms with Crippen LogP contribution in [0, 0.1) is 5.41 Å². The van der Waals surface area contributed by atoms with Gasteiger partial charge in [0.25, 0.3) is 0 Å². The first-order valence-corrected chi connectivity index (χ1v) is 3.81. The van der Waals surface area contributed by atoms with Gasteiger partial charge in [-0.3, -0.25) is 0 Å². The topological polar surface area (TPSA) is 66.8 Å². The molecular weight excluding hydrogens is 160 g/mol. The van der Waals surface area contributed by atoms with Crippen molar-refractivity contribution in [2.24, 2.45) is 5.41 Å². The van der Waals surface area contributed by atoms with E-state index in [1.165, 1.54) is 0 Å². The number of aliphatic carboxylic acids is 1. The lowest BCUT2D eigenvalue weighted by molar-refractivity contribution is -0.153. The molecule has 0 aliphatic heterocycles. The Morgan fingerprint density at radius 1 is 1.58 bits per heavy atom. The molecule has 0 spiro atoms. The molecule has 0 heterocycles. The zero-order chi connectivity index (χ0) is 9.78. The van der Waals surface area contributed by atoms with Crippen LogP contribution in [0.2, 0.25) is 0 Å². The third-order valence-corrected chi connectivity index (χ3v) is 1.92. The molecule has 0 aliphatic carbocycles. The van der Waals surface area contributed by atoms with Gasteiger partial charge in [0, 0.05) is 19.1 Å². The number of carboxylic acids is 1. The van der Waals surface area contributed by atoms with Gasteiger partial charge in [0.15, 0.2) is 6.10 Å². The molecule has 0 amide bonds. The van der Waals surface area contributed by atoms with Gasteiger partial charge >= 0.3 is 5.97 Å². The molecule has 0 saturated heterocycles. The van der Waals surface area contributed by atoms with Crippen LogP contribution in [-0.4, -0.2) is 36.0 Å². The van der Waals surface area contributed by atoms with Gasteiger partial charge in [0.05, 0.1) is 0 Å². The van der Waals surface area contributed by atoms with Crippen molar-refractivity contribution in [2.75, 3.05) is 13.7 Å². The molecule has 4 heteroatoms. The van der Waals surface area contributed by atoms with Crippen LogP contribution in [0.1, 0.15) is 20.3 Å². The fourth-order valence-corrected chi connectivity index (χ4v) is 0.836. The lowest BCUT2D eigenvalue weighted by Gasteiger charge is -2.26. The predicted octanol–water partition coefficient (Wildman–Crippen LogP) is 0.495. The number of aliphatic hydroxyl groups is 1. The molecule has 0 aromatic heterocycles. The van der Waals surface area contributed by atoms with E-state index in [1.54, 1.807) is 21.0 Å². The van der Waals surface area contributed by atoms with Crippen LogP contribution < -0.4 is 0 Å². The highest BCUT2D eigenvalue weighted by Crippen LogP contribution is 2.25. The van der Waals surface area contributed by atoms with Crippen LogP contribution in [-0.2, 0) is 9.53 Å². The van der Waals surface area contributed by atoms with E-state index in [0.717, 1.165) is 0 Å². The number of hydrogen-bond donors (Lipinski definition) is 2. The van der Waals surface area contributed by atoms with Gasteiger partial charge in [-0.1, -0.05) is 13.8 Å². The maximum Gasteiger partial charge on any atom is 0.333 e. The largest absolute Gasteiger partial charge is 0.479 e. The fraction of sp³-hybridized carbons (Fsp3) is 0.875. The number of ether oxygens (including phenoxy) is 1. The predicted molar refractivity (Wildman–Crippen MR) is 43.9 cm³/mol. The summed E-state index contributed by atoms with van der Waals surface area (Å²) in [4.78, 5) is 10.4. The SMILES string of the molecule is COCCC(C)(C)C(O)C(=O)O. The van der Waals surface area contributed by atoms with Crippen molar-refractivity contribution in [2.45, 2.75) is 26.4 Å². The van der Waals surface area contributed by atoms with Crippen molar-refractivity contribution in [3.63, 3.8) is 0 Å². The summed E-state index contributed by atoms with van der Waals surface area (Å²) in [5, 5.41) is 17.8. The van der Waals surface area contributed by atoms with Crippen molar-refractivity contribution < 1.29 is 19.7 Å². The highest BCUT2D eigenvalue weighted by atomic mass is 16.5. The van der Waals surface area contributed by atoms with Gasteiger partial charge in [0.1, 0.15) is 0 Å². The number of carboxylic acid groups (broad SMARTS) is 1. The molecule has 0 aromatic rings. The van der Waals surface area contributed by atoms with Crippen LogP contribution in [0.25, 0.3) is 0 Å². The van der Waals surface area contributed by atoms with Crippen molar-refractivity contribution in [1.29, 1.82) is 0 Å². The van der Waals surface area contributed by atoms with Crippen molar-refractivity contribution in [3.8, 4) is 0 Å². The zero-order valence-corrected chi connectivity index (χ0v) is 7.70. The van der Waals surface area contributed by atoms with Crippen molar-refractivity contribution in [3.05, 3.63) is 0 Å². The second kappa shape index (κ2) is 4.42. The normalized spacial score (nSPS) is 14.3. The second-order valence-corrected chi connectivity index (χ2v) is 3.47. The van der Waals surface area contributed by atoms with Crippen LogP contribution in [0.5, 0.6) is 0 Å². The van der Waals surface area contributed by atoms with E-state index in [2.05, 4.69) is 0 Å². The maximum atomic E-state index is 10.4. The molecular formula is C8H16O4. The van der Waals surface area contributed by atoms with Crippen LogP contribution in [0.3, 0.4) is 0 Å². The van der Waals surface area contributed by atoms with E-state index < -0.39 is 17.5 Å². The summed E-state index contributed by atoms with van der Waals surface area (Å²) in [5.74, 6) is -1.18. The summed E-state index contributed by atoms with van der Waals surface area (Å²) in [6.45, 7) is 3.85. The Balaban J connectivity index is 4.08. The molecule has 1 atom stereocenters. The molecule has 0 bridgehead atoms. The monoisotopic (exact) mass is 176 g/mol. The Hall–Kier alpha value is -0.610. The Morgan fingerprint density at radius 3 is 2.42 bits per heavy atom. The third kappa shape index (κ3) is 3.19. The van der Waals surface area contributed by atoms with Gasteiger partial charge in [0.2, 0.25) is 0 Å². The highest BCUT2D eigenvalue weighted by Gasteiger charge is 2.32. The van der Waals surface area contributed by atoms with Gasteiger partial charge < -0.3 is 14.9 Å². The van der Waals surface area contributed by atoms with Crippen LogP contribution >= 0.6 is 0 Å². The third-order valence-electron chi connectivity index (χ3n) is 1.92. The van der Waals surface area contributed by atoms with E-state index in [4.69, 9.17) is 9.84 Å². The lowest BCUT2D eigenvalue weighted by Crippen LogP contribution is -2.37. The van der Waals surface area contributed by atoms with Crippen LogP contribution in [0.15, 0.2) is 0 Å². The molecule has 1 unspecified atom stereocenters. The Morgan fingerprint density at radius 2 is 2.08 bits per heavy atom. The first-order valence-electron chi connectivity index (χ1n) is 3.81. The summed E-state index contributed by atoms with van der Waals surface area (Å²) in [6, 6.07) is 0. The number of methoxy groups -OCH3 is 1. The molecule has 0 fully saturated rings. The fourth-order valence-electron chi connectivity index (χ4n) is 0.836. The average Bonchev–Trinajstić information content (AvgIpc) is 1.99. The van der Waals surface area contributed by atoms with E-state index in [-0.39, 0.29) is 0 Å². The summed E-state index contributed by atoms with van der Waals surface area (Å²) in [6.07, 6.45) is -0.801. The van der Waals surface area contributed by atoms with E-state index >= 15 is 0 Å². The highest BCUT2D eigenvalue weighted by molar-refractivity contribution is 5.72. The number of carbonyl (C=O) groups is 1. The quantitative estimate of drug-likeness (QED) is 0.640. The zero-order valence-electron chi connectivity index (χ0n) is 7.70. The Kier molecular flexibility index (Phi) is 4.20. The maximum absolute atomic E-state index is 10.4. The molecule has 0 aliphatic rings. The van der Waals surface area contributed by atoms with Gasteiger partial charge in [-0.05, 0) is 6.42 Å². The molecule has 0 rings (SSSR count). The molecule has 12 heavy (non-hydrogen) atoms. The van der Waals surface area contributed by atoms with Crippen molar-refractivity contribution >= 4 is 5.97 Å². The Bertz CT molecular complexity index is 153. The standard InChI is InChI=1S/C8H16O4/c1-8(2,4-5-12-3)6(9)7(10)11/h6,9H,4-5H2,1-3H3,(H,10,11). The molecule has 0 saturated carbocycles. The van der Waals surface area contributed by atoms with E-state index in [9.17, 15) is 9.90 Å². The molecule has 0 radical (unpaired) electrons. The summed E-state index contributed by atoms with van der Waals surface area (Å²) in [5.41, 5.74) is -0.637. The smallest absolute Gasteiger partial charge is 0.333 e. The van der Waals surface area contributed by atoms with Crippen molar-refractivity contribution in [1.82, 2.24) is 0 Å². The number of rotatable bonds is 5. The van der Waals surface area contributed by atoms with Crippen LogP contribution in [0.4, 0.5) is 0 Å². The second-order valence-electron chi connectivity index (χ2n) is 3.47. The average molecular weight is 176 g/mol. The summed E-state index contributed by atoms with van der Waals surface area (Å²) < 4.78 is 4.80. The first kappa shape index (κ1) is 11.4. The molecule has 2 N–H and O–H groups in total. The van der Waals surface area contributed by atoms with E-state index in [0.29, 0.717) is 13.0 Å². The minimum absolute atomic E-state index is 0.456. The summed E-state index contributed by atoms with van der Waals surface area (Å²) in [7, 11) is 1.54. The molecule has 0 aromatic carbocycles. The Labute approximate surface area is 72.2 Å². The first-order chi connectivity index (χ1) is 5.41. The van der Waals surface area contributed by atoms with Gasteiger partial charge in [-0.15, -0.1) is 0 Å². The molecule has 4 nitrogen and oxygen atoms in total. The molecule has 72 valence electrons.